The first-order valence-corrected chi connectivity index (χ1v) is 5.53. The fourth-order valence-corrected chi connectivity index (χ4v) is 2.02. The lowest BCUT2D eigenvalue weighted by Gasteiger charge is -2.11. The van der Waals surface area contributed by atoms with Gasteiger partial charge in [-0.1, -0.05) is 5.16 Å². The summed E-state index contributed by atoms with van der Waals surface area (Å²) >= 11 is 0. The van der Waals surface area contributed by atoms with Gasteiger partial charge in [0.15, 0.2) is 5.82 Å². The number of ether oxygens (including phenoxy) is 1. The molecule has 2 fully saturated rings. The topological polar surface area (TPSA) is 74.2 Å². The molecule has 0 spiro atoms. The Morgan fingerprint density at radius 3 is 2.81 bits per heavy atom. The van der Waals surface area contributed by atoms with E-state index in [-0.39, 0.29) is 18.5 Å². The van der Waals surface area contributed by atoms with Crippen LogP contribution in [0.25, 0.3) is 0 Å². The molecule has 0 unspecified atom stereocenters. The lowest BCUT2D eigenvalue weighted by atomic mass is 10.0. The molecular weight excluding hydrogens is 230 g/mol. The third kappa shape index (κ3) is 2.07. The third-order valence-electron chi connectivity index (χ3n) is 3.16. The van der Waals surface area contributed by atoms with Crippen molar-refractivity contribution in [1.29, 1.82) is 0 Å². The lowest BCUT2D eigenvalue weighted by Crippen LogP contribution is -2.18. The molecular formula is C10H16ClN3O2. The number of hydrogen-bond donors (Lipinski definition) is 1. The van der Waals surface area contributed by atoms with Crippen LogP contribution in [0, 0.1) is 5.92 Å². The quantitative estimate of drug-likeness (QED) is 0.872. The van der Waals surface area contributed by atoms with Crippen molar-refractivity contribution in [2.75, 3.05) is 13.2 Å². The van der Waals surface area contributed by atoms with Crippen LogP contribution in [0.1, 0.15) is 43.0 Å². The van der Waals surface area contributed by atoms with E-state index in [0.717, 1.165) is 18.9 Å². The molecule has 1 aromatic heterocycles. The minimum atomic E-state index is -0.0741. The van der Waals surface area contributed by atoms with Gasteiger partial charge < -0.3 is 15.0 Å². The molecule has 0 radical (unpaired) electrons. The summed E-state index contributed by atoms with van der Waals surface area (Å²) in [6.45, 7) is 1.36. The molecule has 0 amide bonds. The highest BCUT2D eigenvalue weighted by Crippen LogP contribution is 2.40. The molecule has 6 heteroatoms. The Morgan fingerprint density at radius 1 is 1.31 bits per heavy atom. The number of nitrogens with two attached hydrogens (primary N) is 1. The average Bonchev–Trinajstić information content (AvgIpc) is 2.83. The third-order valence-corrected chi connectivity index (χ3v) is 3.16. The van der Waals surface area contributed by atoms with Crippen molar-refractivity contribution in [1.82, 2.24) is 10.1 Å². The van der Waals surface area contributed by atoms with Crippen LogP contribution in [0.15, 0.2) is 4.52 Å². The molecule has 2 atom stereocenters. The molecule has 16 heavy (non-hydrogen) atoms. The highest BCUT2D eigenvalue weighted by molar-refractivity contribution is 5.85. The first-order chi connectivity index (χ1) is 7.38. The smallest absolute Gasteiger partial charge is 0.256 e. The van der Waals surface area contributed by atoms with Crippen molar-refractivity contribution in [3.63, 3.8) is 0 Å². The molecule has 1 saturated carbocycles. The zero-order valence-electron chi connectivity index (χ0n) is 8.96. The van der Waals surface area contributed by atoms with E-state index in [0.29, 0.717) is 24.3 Å². The first kappa shape index (κ1) is 11.8. The molecule has 1 aliphatic carbocycles. The Hall–Kier alpha value is -0.650. The van der Waals surface area contributed by atoms with Crippen molar-refractivity contribution in [3.8, 4) is 0 Å². The predicted molar refractivity (Wildman–Crippen MR) is 59.4 cm³/mol. The second kappa shape index (κ2) is 4.69. The number of halogens is 1. The zero-order chi connectivity index (χ0) is 10.3. The molecule has 1 aliphatic heterocycles. The summed E-state index contributed by atoms with van der Waals surface area (Å²) in [5, 5.41) is 3.98. The van der Waals surface area contributed by atoms with E-state index in [2.05, 4.69) is 10.1 Å². The highest BCUT2D eigenvalue weighted by Gasteiger charge is 2.35. The summed E-state index contributed by atoms with van der Waals surface area (Å²) in [5.74, 6) is 2.32. The van der Waals surface area contributed by atoms with Gasteiger partial charge in [-0.05, 0) is 25.8 Å². The molecule has 90 valence electrons. The summed E-state index contributed by atoms with van der Waals surface area (Å²) in [7, 11) is 0. The van der Waals surface area contributed by atoms with Crippen molar-refractivity contribution in [2.24, 2.45) is 11.7 Å². The minimum Gasteiger partial charge on any atom is -0.368 e. The van der Waals surface area contributed by atoms with E-state index in [1.54, 1.807) is 0 Å². The maximum absolute atomic E-state index is 5.67. The number of aromatic nitrogens is 2. The van der Waals surface area contributed by atoms with E-state index in [1.807, 2.05) is 0 Å². The zero-order valence-corrected chi connectivity index (χ0v) is 9.78. The standard InChI is InChI=1S/C10H15N3O2.ClH/c11-5-7-3-4-14-8(7)10-12-9(13-15-10)6-1-2-6;/h6-8H,1-5,11H2;1H/t7-,8+;/m0./s1. The second-order valence-electron chi connectivity index (χ2n) is 4.34. The summed E-state index contributed by atoms with van der Waals surface area (Å²) in [6.07, 6.45) is 3.28. The van der Waals surface area contributed by atoms with Gasteiger partial charge in [-0.3, -0.25) is 0 Å². The number of rotatable bonds is 3. The van der Waals surface area contributed by atoms with Crippen LogP contribution < -0.4 is 5.73 Å². The second-order valence-corrected chi connectivity index (χ2v) is 4.34. The molecule has 1 saturated heterocycles. The number of nitrogens with zero attached hydrogens (tertiary/aromatic N) is 2. The van der Waals surface area contributed by atoms with Gasteiger partial charge in [0.2, 0.25) is 0 Å². The SMILES string of the molecule is Cl.NC[C@@H]1CCO[C@H]1c1nc(C2CC2)no1. The minimum absolute atomic E-state index is 0. The Morgan fingerprint density at radius 2 is 2.12 bits per heavy atom. The molecule has 0 bridgehead atoms. The largest absolute Gasteiger partial charge is 0.368 e. The summed E-state index contributed by atoms with van der Waals surface area (Å²) < 4.78 is 10.8. The Labute approximate surface area is 100 Å². The van der Waals surface area contributed by atoms with Gasteiger partial charge in [-0.15, -0.1) is 12.4 Å². The van der Waals surface area contributed by atoms with E-state index in [1.165, 1.54) is 12.8 Å². The van der Waals surface area contributed by atoms with E-state index in [4.69, 9.17) is 15.0 Å². The van der Waals surface area contributed by atoms with Crippen molar-refractivity contribution >= 4 is 12.4 Å². The molecule has 2 aliphatic rings. The van der Waals surface area contributed by atoms with Crippen LogP contribution in [0.3, 0.4) is 0 Å². The average molecular weight is 246 g/mol. The maximum Gasteiger partial charge on any atom is 0.256 e. The van der Waals surface area contributed by atoms with Gasteiger partial charge in [0, 0.05) is 18.4 Å². The molecule has 3 rings (SSSR count). The van der Waals surface area contributed by atoms with Crippen LogP contribution in [0.2, 0.25) is 0 Å². The molecule has 1 aromatic rings. The van der Waals surface area contributed by atoms with Gasteiger partial charge in [0.1, 0.15) is 6.10 Å². The molecule has 2 N–H and O–H groups in total. The van der Waals surface area contributed by atoms with Crippen LogP contribution in [0.5, 0.6) is 0 Å². The van der Waals surface area contributed by atoms with Gasteiger partial charge in [-0.2, -0.15) is 4.98 Å². The Kier molecular flexibility index (Phi) is 3.47. The molecule has 0 aromatic carbocycles. The van der Waals surface area contributed by atoms with E-state index >= 15 is 0 Å². The van der Waals surface area contributed by atoms with Crippen LogP contribution >= 0.6 is 12.4 Å². The molecule has 2 heterocycles. The van der Waals surface area contributed by atoms with Crippen molar-refractivity contribution < 1.29 is 9.26 Å². The normalized spacial score (nSPS) is 29.1. The first-order valence-electron chi connectivity index (χ1n) is 5.53. The maximum atomic E-state index is 5.67. The summed E-state index contributed by atoms with van der Waals surface area (Å²) in [5.41, 5.74) is 5.67. The Balaban J connectivity index is 0.000000963. The summed E-state index contributed by atoms with van der Waals surface area (Å²) in [6, 6.07) is 0. The Bertz CT molecular complexity index is 354. The highest BCUT2D eigenvalue weighted by atomic mass is 35.5. The predicted octanol–water partition coefficient (Wildman–Crippen LogP) is 1.41. The van der Waals surface area contributed by atoms with Crippen LogP contribution in [-0.4, -0.2) is 23.3 Å². The number of hydrogen-bond acceptors (Lipinski definition) is 5. The van der Waals surface area contributed by atoms with Crippen LogP contribution in [0.4, 0.5) is 0 Å². The molecule has 5 nitrogen and oxygen atoms in total. The van der Waals surface area contributed by atoms with Gasteiger partial charge in [0.05, 0.1) is 0 Å². The fraction of sp³-hybridized carbons (Fsp3) is 0.800. The van der Waals surface area contributed by atoms with E-state index < -0.39 is 0 Å². The lowest BCUT2D eigenvalue weighted by molar-refractivity contribution is 0.0642. The van der Waals surface area contributed by atoms with E-state index in [9.17, 15) is 0 Å². The van der Waals surface area contributed by atoms with Crippen molar-refractivity contribution in [3.05, 3.63) is 11.7 Å². The van der Waals surface area contributed by atoms with Crippen LogP contribution in [-0.2, 0) is 4.74 Å². The monoisotopic (exact) mass is 245 g/mol. The summed E-state index contributed by atoms with van der Waals surface area (Å²) in [4.78, 5) is 4.39. The van der Waals surface area contributed by atoms with Gasteiger partial charge >= 0.3 is 0 Å². The van der Waals surface area contributed by atoms with Gasteiger partial charge in [0.25, 0.3) is 5.89 Å². The van der Waals surface area contributed by atoms with Crippen molar-refractivity contribution in [2.45, 2.75) is 31.3 Å². The van der Waals surface area contributed by atoms with Gasteiger partial charge in [-0.25, -0.2) is 0 Å². The fourth-order valence-electron chi connectivity index (χ4n) is 2.02.